The molecule has 0 aromatic heterocycles. The van der Waals surface area contributed by atoms with Crippen molar-refractivity contribution in [3.63, 3.8) is 0 Å². The molecule has 1 amide bonds. The number of likely N-dealkylation sites (N-methyl/N-ethyl adjacent to an activating group) is 1. The molecule has 1 N–H and O–H groups in total. The summed E-state index contributed by atoms with van der Waals surface area (Å²) in [5, 5.41) is 3.37. The highest BCUT2D eigenvalue weighted by Gasteiger charge is 2.30. The molecule has 16 heavy (non-hydrogen) atoms. The van der Waals surface area contributed by atoms with E-state index in [1.54, 1.807) is 0 Å². The van der Waals surface area contributed by atoms with Crippen molar-refractivity contribution >= 4 is 5.91 Å². The molecule has 2 aliphatic rings. The number of carbonyl (C=O) groups is 1. The normalized spacial score (nSPS) is 29.4. The maximum absolute atomic E-state index is 11.9. The number of rotatable bonds is 5. The lowest BCUT2D eigenvalue weighted by Gasteiger charge is -2.26. The molecule has 1 saturated carbocycles. The Bertz CT molecular complexity index is 253. The van der Waals surface area contributed by atoms with Gasteiger partial charge in [-0.15, -0.1) is 0 Å². The molecule has 0 radical (unpaired) electrons. The summed E-state index contributed by atoms with van der Waals surface area (Å²) >= 11 is 0. The highest BCUT2D eigenvalue weighted by Crippen LogP contribution is 2.20. The van der Waals surface area contributed by atoms with Crippen LogP contribution in [-0.2, 0) is 9.53 Å². The molecule has 1 aliphatic carbocycles. The molecule has 4 heteroatoms. The van der Waals surface area contributed by atoms with Gasteiger partial charge in [0.2, 0.25) is 5.91 Å². The Labute approximate surface area is 97.3 Å². The molecular weight excluding hydrogens is 204 g/mol. The fourth-order valence-corrected chi connectivity index (χ4v) is 2.26. The molecule has 0 spiro atoms. The van der Waals surface area contributed by atoms with E-state index in [0.29, 0.717) is 12.5 Å². The summed E-state index contributed by atoms with van der Waals surface area (Å²) in [6, 6.07) is 0.959. The maximum Gasteiger partial charge on any atom is 0.223 e. The first-order valence-electron chi connectivity index (χ1n) is 6.29. The van der Waals surface area contributed by atoms with Crippen LogP contribution >= 0.6 is 0 Å². The van der Waals surface area contributed by atoms with E-state index >= 15 is 0 Å². The smallest absolute Gasteiger partial charge is 0.223 e. The molecule has 1 aliphatic heterocycles. The van der Waals surface area contributed by atoms with Gasteiger partial charge in [-0.25, -0.2) is 0 Å². The van der Waals surface area contributed by atoms with Crippen LogP contribution in [0, 0.1) is 0 Å². The van der Waals surface area contributed by atoms with Gasteiger partial charge in [0.15, 0.2) is 0 Å². The molecule has 0 bridgehead atoms. The topological polar surface area (TPSA) is 41.6 Å². The van der Waals surface area contributed by atoms with Crippen LogP contribution in [0.1, 0.15) is 32.6 Å². The standard InChI is InChI=1S/C12H22N2O2/c1-9-11(6-8-16-9)14(2)12(15)5-7-13-10-3-4-10/h9-11,13H,3-8H2,1-2H3. The summed E-state index contributed by atoms with van der Waals surface area (Å²) in [4.78, 5) is 13.8. The molecule has 1 saturated heterocycles. The van der Waals surface area contributed by atoms with Crippen LogP contribution in [0.15, 0.2) is 0 Å². The molecule has 4 nitrogen and oxygen atoms in total. The Balaban J connectivity index is 1.69. The Hall–Kier alpha value is -0.610. The maximum atomic E-state index is 11.9. The van der Waals surface area contributed by atoms with Crippen molar-refractivity contribution in [2.45, 2.75) is 50.8 Å². The molecule has 1 heterocycles. The van der Waals surface area contributed by atoms with Crippen molar-refractivity contribution in [2.75, 3.05) is 20.2 Å². The molecule has 2 unspecified atom stereocenters. The monoisotopic (exact) mass is 226 g/mol. The zero-order valence-electron chi connectivity index (χ0n) is 10.2. The minimum atomic E-state index is 0.186. The van der Waals surface area contributed by atoms with Gasteiger partial charge in [0.25, 0.3) is 0 Å². The van der Waals surface area contributed by atoms with Crippen LogP contribution < -0.4 is 5.32 Å². The van der Waals surface area contributed by atoms with Gasteiger partial charge in [-0.3, -0.25) is 4.79 Å². The van der Waals surface area contributed by atoms with E-state index in [0.717, 1.165) is 19.6 Å². The number of hydrogen-bond donors (Lipinski definition) is 1. The van der Waals surface area contributed by atoms with Gasteiger partial charge in [0, 0.05) is 32.7 Å². The van der Waals surface area contributed by atoms with Gasteiger partial charge >= 0.3 is 0 Å². The van der Waals surface area contributed by atoms with E-state index in [9.17, 15) is 4.79 Å². The first kappa shape index (κ1) is 11.9. The van der Waals surface area contributed by atoms with Crippen molar-refractivity contribution in [1.82, 2.24) is 10.2 Å². The number of carbonyl (C=O) groups excluding carboxylic acids is 1. The van der Waals surface area contributed by atoms with Gasteiger partial charge < -0.3 is 15.0 Å². The molecule has 2 fully saturated rings. The fraction of sp³-hybridized carbons (Fsp3) is 0.917. The number of nitrogens with one attached hydrogen (secondary N) is 1. The third kappa shape index (κ3) is 2.95. The molecule has 2 atom stereocenters. The highest BCUT2D eigenvalue weighted by molar-refractivity contribution is 5.76. The zero-order chi connectivity index (χ0) is 11.5. The molecular formula is C12H22N2O2. The number of ether oxygens (including phenoxy) is 1. The third-order valence-corrected chi connectivity index (χ3v) is 3.58. The summed E-state index contributed by atoms with van der Waals surface area (Å²) in [5.41, 5.74) is 0. The van der Waals surface area contributed by atoms with Crippen LogP contribution in [-0.4, -0.2) is 49.2 Å². The number of hydrogen-bond acceptors (Lipinski definition) is 3. The summed E-state index contributed by atoms with van der Waals surface area (Å²) in [6.45, 7) is 3.64. The average Bonchev–Trinajstić information content (AvgIpc) is 2.98. The highest BCUT2D eigenvalue weighted by atomic mass is 16.5. The second kappa shape index (κ2) is 5.15. The quantitative estimate of drug-likeness (QED) is 0.752. The Morgan fingerprint density at radius 1 is 1.44 bits per heavy atom. The van der Waals surface area contributed by atoms with Gasteiger partial charge in [-0.2, -0.15) is 0 Å². The van der Waals surface area contributed by atoms with E-state index in [1.165, 1.54) is 12.8 Å². The van der Waals surface area contributed by atoms with Gasteiger partial charge in [-0.1, -0.05) is 0 Å². The van der Waals surface area contributed by atoms with E-state index in [-0.39, 0.29) is 18.1 Å². The lowest BCUT2D eigenvalue weighted by Crippen LogP contribution is -2.42. The van der Waals surface area contributed by atoms with Crippen LogP contribution in [0.2, 0.25) is 0 Å². The van der Waals surface area contributed by atoms with Gasteiger partial charge in [0.05, 0.1) is 12.1 Å². The minimum absolute atomic E-state index is 0.186. The summed E-state index contributed by atoms with van der Waals surface area (Å²) in [7, 11) is 1.90. The van der Waals surface area contributed by atoms with E-state index in [2.05, 4.69) is 5.32 Å². The fourth-order valence-electron chi connectivity index (χ4n) is 2.26. The van der Waals surface area contributed by atoms with Gasteiger partial charge in [-0.05, 0) is 26.2 Å². The molecule has 2 rings (SSSR count). The van der Waals surface area contributed by atoms with Crippen LogP contribution in [0.5, 0.6) is 0 Å². The first-order chi connectivity index (χ1) is 7.68. The lowest BCUT2D eigenvalue weighted by atomic mass is 10.1. The third-order valence-electron chi connectivity index (χ3n) is 3.58. The number of amides is 1. The summed E-state index contributed by atoms with van der Waals surface area (Å²) in [6.07, 6.45) is 4.32. The minimum Gasteiger partial charge on any atom is -0.376 e. The second-order valence-corrected chi connectivity index (χ2v) is 4.91. The first-order valence-corrected chi connectivity index (χ1v) is 6.29. The van der Waals surface area contributed by atoms with Crippen molar-refractivity contribution < 1.29 is 9.53 Å². The molecule has 0 aromatic rings. The predicted molar refractivity (Wildman–Crippen MR) is 62.2 cm³/mol. The average molecular weight is 226 g/mol. The van der Waals surface area contributed by atoms with Crippen molar-refractivity contribution in [2.24, 2.45) is 0 Å². The lowest BCUT2D eigenvalue weighted by molar-refractivity contribution is -0.132. The van der Waals surface area contributed by atoms with Crippen LogP contribution in [0.25, 0.3) is 0 Å². The van der Waals surface area contributed by atoms with Crippen molar-refractivity contribution in [3.05, 3.63) is 0 Å². The second-order valence-electron chi connectivity index (χ2n) is 4.91. The molecule has 0 aromatic carbocycles. The SMILES string of the molecule is CC1OCCC1N(C)C(=O)CCNC1CC1. The van der Waals surface area contributed by atoms with E-state index < -0.39 is 0 Å². The van der Waals surface area contributed by atoms with E-state index in [4.69, 9.17) is 4.74 Å². The Kier molecular flexibility index (Phi) is 3.82. The summed E-state index contributed by atoms with van der Waals surface area (Å²) in [5.74, 6) is 0.232. The largest absolute Gasteiger partial charge is 0.376 e. The van der Waals surface area contributed by atoms with Crippen molar-refractivity contribution in [3.8, 4) is 0 Å². The van der Waals surface area contributed by atoms with Gasteiger partial charge in [0.1, 0.15) is 0 Å². The Morgan fingerprint density at radius 3 is 2.75 bits per heavy atom. The predicted octanol–water partition coefficient (Wildman–Crippen LogP) is 0.764. The van der Waals surface area contributed by atoms with E-state index in [1.807, 2.05) is 18.9 Å². The molecule has 92 valence electrons. The summed E-state index contributed by atoms with van der Waals surface area (Å²) < 4.78 is 5.48. The Morgan fingerprint density at radius 2 is 2.19 bits per heavy atom. The number of nitrogens with zero attached hydrogens (tertiary/aromatic N) is 1. The zero-order valence-corrected chi connectivity index (χ0v) is 10.2. The van der Waals surface area contributed by atoms with Crippen LogP contribution in [0.4, 0.5) is 0 Å². The van der Waals surface area contributed by atoms with Crippen molar-refractivity contribution in [1.29, 1.82) is 0 Å². The van der Waals surface area contributed by atoms with Crippen LogP contribution in [0.3, 0.4) is 0 Å².